The lowest BCUT2D eigenvalue weighted by Crippen LogP contribution is -2.53. The lowest BCUT2D eigenvalue weighted by atomic mass is 9.90. The van der Waals surface area contributed by atoms with Crippen LogP contribution in [0.25, 0.3) is 0 Å². The third-order valence-corrected chi connectivity index (χ3v) is 4.97. The minimum Gasteiger partial charge on any atom is -0.466 e. The number of carbonyl (C=O) groups excluding carboxylic acids is 3. The van der Waals surface area contributed by atoms with E-state index in [1.807, 2.05) is 0 Å². The van der Waals surface area contributed by atoms with Gasteiger partial charge in [-0.1, -0.05) is 12.1 Å². The quantitative estimate of drug-likeness (QED) is 0.391. The number of benzene rings is 1. The Bertz CT molecular complexity index is 1040. The van der Waals surface area contributed by atoms with Gasteiger partial charge in [-0.15, -0.1) is 0 Å². The lowest BCUT2D eigenvalue weighted by molar-refractivity contribution is -0.384. The van der Waals surface area contributed by atoms with E-state index in [-0.39, 0.29) is 41.5 Å². The molecule has 3 rings (SSSR count). The first-order valence-corrected chi connectivity index (χ1v) is 9.85. The first kappa shape index (κ1) is 23.1. The third kappa shape index (κ3) is 4.11. The van der Waals surface area contributed by atoms with Gasteiger partial charge in [0.05, 0.1) is 36.3 Å². The first-order chi connectivity index (χ1) is 15.0. The molecular weight excluding hydrogens is 420 g/mol. The van der Waals surface area contributed by atoms with Gasteiger partial charge in [0.1, 0.15) is 5.57 Å². The molecule has 2 aliphatic heterocycles. The van der Waals surface area contributed by atoms with Crippen molar-refractivity contribution < 1.29 is 28.8 Å². The number of ether oxygens (including phenoxy) is 2. The topological polar surface area (TPSA) is 132 Å². The maximum atomic E-state index is 13.0. The van der Waals surface area contributed by atoms with Gasteiger partial charge in [-0.25, -0.2) is 14.6 Å². The Kier molecular flexibility index (Phi) is 6.13. The Labute approximate surface area is 184 Å². The largest absolute Gasteiger partial charge is 0.466 e. The molecule has 1 unspecified atom stereocenters. The number of fused-ring (bicyclic) bond motifs is 1. The second-order valence-electron chi connectivity index (χ2n) is 8.25. The van der Waals surface area contributed by atoms with Crippen molar-refractivity contribution in [3.05, 3.63) is 51.1 Å². The summed E-state index contributed by atoms with van der Waals surface area (Å²) in [6.45, 7) is 5.62. The van der Waals surface area contributed by atoms with E-state index in [1.165, 1.54) is 36.4 Å². The van der Waals surface area contributed by atoms with Crippen molar-refractivity contribution in [2.24, 2.45) is 4.99 Å². The van der Waals surface area contributed by atoms with Gasteiger partial charge in [0.25, 0.3) is 5.69 Å². The second-order valence-corrected chi connectivity index (χ2v) is 8.25. The molecule has 0 radical (unpaired) electrons. The van der Waals surface area contributed by atoms with Crippen LogP contribution >= 0.6 is 0 Å². The number of carbonyl (C=O) groups is 3. The van der Waals surface area contributed by atoms with Crippen LogP contribution in [0, 0.1) is 10.1 Å². The molecule has 32 heavy (non-hydrogen) atoms. The maximum absolute atomic E-state index is 13.0. The number of esters is 2. The normalized spacial score (nSPS) is 20.4. The molecule has 1 saturated heterocycles. The van der Waals surface area contributed by atoms with Crippen molar-refractivity contribution in [3.8, 4) is 0 Å². The molecule has 170 valence electrons. The number of hydrogen-bond acceptors (Lipinski definition) is 9. The second kappa shape index (κ2) is 8.50. The Balaban J connectivity index is 2.36. The molecule has 0 spiro atoms. The van der Waals surface area contributed by atoms with Crippen molar-refractivity contribution in [1.29, 1.82) is 0 Å². The zero-order chi connectivity index (χ0) is 23.8. The molecule has 1 fully saturated rings. The summed E-state index contributed by atoms with van der Waals surface area (Å²) in [7, 11) is 2.34. The van der Waals surface area contributed by atoms with Gasteiger partial charge >= 0.3 is 11.9 Å². The van der Waals surface area contributed by atoms with Gasteiger partial charge in [0.15, 0.2) is 5.84 Å². The zero-order valence-corrected chi connectivity index (χ0v) is 18.4. The average molecular weight is 444 g/mol. The number of aliphatic imine (C=N–C) groups is 1. The Morgan fingerprint density at radius 3 is 2.22 bits per heavy atom. The van der Waals surface area contributed by atoms with Crippen molar-refractivity contribution in [3.63, 3.8) is 0 Å². The highest BCUT2D eigenvalue weighted by Gasteiger charge is 2.50. The molecule has 1 amide bonds. The highest BCUT2D eigenvalue weighted by atomic mass is 16.6. The summed E-state index contributed by atoms with van der Waals surface area (Å²) in [4.78, 5) is 53.8. The zero-order valence-electron chi connectivity index (χ0n) is 18.4. The first-order valence-electron chi connectivity index (χ1n) is 9.85. The molecule has 0 aliphatic carbocycles. The van der Waals surface area contributed by atoms with Crippen LogP contribution in [0.4, 0.5) is 5.69 Å². The Morgan fingerprint density at radius 2 is 1.72 bits per heavy atom. The summed E-state index contributed by atoms with van der Waals surface area (Å²) < 4.78 is 9.93. The van der Waals surface area contributed by atoms with E-state index in [1.54, 1.807) is 25.8 Å². The number of rotatable bonds is 4. The number of nitro benzene ring substituents is 1. The molecule has 0 saturated carbocycles. The predicted molar refractivity (Wildman–Crippen MR) is 112 cm³/mol. The van der Waals surface area contributed by atoms with Crippen LogP contribution in [-0.2, 0) is 23.9 Å². The molecule has 0 N–H and O–H groups in total. The van der Waals surface area contributed by atoms with Crippen molar-refractivity contribution >= 4 is 29.4 Å². The van der Waals surface area contributed by atoms with Crippen LogP contribution in [0.1, 0.15) is 38.8 Å². The van der Waals surface area contributed by atoms with Gasteiger partial charge in [0.2, 0.25) is 5.91 Å². The van der Waals surface area contributed by atoms with Crippen LogP contribution in [0.15, 0.2) is 40.4 Å². The summed E-state index contributed by atoms with van der Waals surface area (Å²) in [6.07, 6.45) is 0.134. The molecule has 1 aromatic carbocycles. The van der Waals surface area contributed by atoms with Gasteiger partial charge in [-0.05, 0) is 26.3 Å². The van der Waals surface area contributed by atoms with Gasteiger partial charge in [-0.3, -0.25) is 19.9 Å². The predicted octanol–water partition coefficient (Wildman–Crippen LogP) is 1.94. The van der Waals surface area contributed by atoms with E-state index >= 15 is 0 Å². The van der Waals surface area contributed by atoms with E-state index in [9.17, 15) is 24.5 Å². The van der Waals surface area contributed by atoms with E-state index in [0.717, 1.165) is 7.11 Å². The lowest BCUT2D eigenvalue weighted by Gasteiger charge is -2.41. The molecule has 11 heteroatoms. The molecule has 0 bridgehead atoms. The molecule has 1 aromatic rings. The van der Waals surface area contributed by atoms with Crippen LogP contribution in [0.3, 0.4) is 0 Å². The van der Waals surface area contributed by atoms with Crippen molar-refractivity contribution in [2.75, 3.05) is 20.8 Å². The fraction of sp³-hybridized carbons (Fsp3) is 0.429. The molecular formula is C21H24N4O7. The van der Waals surface area contributed by atoms with Crippen LogP contribution in [0.2, 0.25) is 0 Å². The van der Waals surface area contributed by atoms with Crippen LogP contribution in [-0.4, -0.2) is 64.9 Å². The minimum absolute atomic E-state index is 0.00501. The summed E-state index contributed by atoms with van der Waals surface area (Å²) in [5.41, 5.74) is -0.589. The minimum atomic E-state index is -0.914. The molecule has 2 heterocycles. The van der Waals surface area contributed by atoms with Crippen molar-refractivity contribution in [2.45, 2.75) is 38.8 Å². The average Bonchev–Trinajstić information content (AvgIpc) is 3.12. The Morgan fingerprint density at radius 1 is 1.12 bits per heavy atom. The molecule has 0 aromatic heterocycles. The van der Waals surface area contributed by atoms with Crippen LogP contribution in [0.5, 0.6) is 0 Å². The maximum Gasteiger partial charge on any atom is 0.342 e. The van der Waals surface area contributed by atoms with E-state index < -0.39 is 28.4 Å². The van der Waals surface area contributed by atoms with Gasteiger partial charge in [0, 0.05) is 25.1 Å². The number of amidine groups is 1. The summed E-state index contributed by atoms with van der Waals surface area (Å²) >= 11 is 0. The smallest absolute Gasteiger partial charge is 0.342 e. The summed E-state index contributed by atoms with van der Waals surface area (Å²) in [5, 5.41) is 14.0. The number of hydrazine groups is 1. The highest BCUT2D eigenvalue weighted by molar-refractivity contribution is 6.26. The van der Waals surface area contributed by atoms with Gasteiger partial charge in [-0.2, -0.15) is 5.01 Å². The highest BCUT2D eigenvalue weighted by Crippen LogP contribution is 2.41. The van der Waals surface area contributed by atoms with Crippen LogP contribution < -0.4 is 0 Å². The standard InChI is InChI=1S/C21H24N4O7/c1-21(2,3)22-18-16(20(28)32-5)15(19(27)31-4)17(23-11-10-14(26)24(18)23)12-6-8-13(9-7-12)25(29)30/h6-9,17H,10-11H2,1-5H3. The molecule has 1 atom stereocenters. The number of methoxy groups -OCH3 is 2. The SMILES string of the molecule is COC(=O)C1=C(C(=O)OC)C(c2ccc([N+](=O)[O-])cc2)N2CCC(=O)N2C1=NC(C)(C)C. The van der Waals surface area contributed by atoms with Crippen molar-refractivity contribution in [1.82, 2.24) is 10.0 Å². The molecule has 11 nitrogen and oxygen atoms in total. The van der Waals surface area contributed by atoms with E-state index in [2.05, 4.69) is 4.99 Å². The molecule has 2 aliphatic rings. The number of hydrogen-bond donors (Lipinski definition) is 0. The number of amides is 1. The fourth-order valence-corrected chi connectivity index (χ4v) is 3.72. The van der Waals surface area contributed by atoms with Gasteiger partial charge < -0.3 is 9.47 Å². The number of nitrogens with zero attached hydrogens (tertiary/aromatic N) is 4. The summed E-state index contributed by atoms with van der Waals surface area (Å²) in [5.74, 6) is -1.94. The summed E-state index contributed by atoms with van der Waals surface area (Å²) in [6, 6.07) is 4.63. The van der Waals surface area contributed by atoms with E-state index in [0.29, 0.717) is 5.56 Å². The number of non-ortho nitro benzene ring substituents is 1. The fourth-order valence-electron chi connectivity index (χ4n) is 3.72. The third-order valence-electron chi connectivity index (χ3n) is 4.97. The Hall–Kier alpha value is -3.60. The number of nitro groups is 1. The monoisotopic (exact) mass is 444 g/mol. The van der Waals surface area contributed by atoms with E-state index in [4.69, 9.17) is 9.47 Å².